The fourth-order valence-corrected chi connectivity index (χ4v) is 3.89. The fourth-order valence-electron chi connectivity index (χ4n) is 3.89. The molecule has 0 spiro atoms. The van der Waals surface area contributed by atoms with Gasteiger partial charge in [0.25, 0.3) is 0 Å². The summed E-state index contributed by atoms with van der Waals surface area (Å²) in [6.07, 6.45) is 0.485. The lowest BCUT2D eigenvalue weighted by atomic mass is 9.74. The van der Waals surface area contributed by atoms with Gasteiger partial charge in [-0.25, -0.2) is 5.01 Å². The van der Waals surface area contributed by atoms with E-state index in [9.17, 15) is 10.1 Å². The average Bonchev–Trinajstić information content (AvgIpc) is 2.67. The third kappa shape index (κ3) is 3.27. The van der Waals surface area contributed by atoms with Crippen molar-refractivity contribution in [3.63, 3.8) is 0 Å². The van der Waals surface area contributed by atoms with Crippen LogP contribution in [-0.4, -0.2) is 15.9 Å². The van der Waals surface area contributed by atoms with E-state index in [1.54, 1.807) is 5.01 Å². The van der Waals surface area contributed by atoms with Crippen LogP contribution in [0, 0.1) is 16.7 Å². The number of nitrogens with zero attached hydrogens (tertiary/aromatic N) is 3. The Kier molecular flexibility index (Phi) is 5.12. The zero-order chi connectivity index (χ0) is 17.8. The first kappa shape index (κ1) is 17.1. The standard InChI is InChI=1S/C20H23N3O2/c1-14(2)19-17(21-24)13-18(15-9-5-3-6-10-15)23(22-25)20(19)16-11-7-4-8-12-16/h3-12,14,18-20,24H,13H2,1-2H3/b21-17+/t18-,19-,20-/m0/s1. The van der Waals surface area contributed by atoms with Crippen molar-refractivity contribution < 1.29 is 5.21 Å². The average molecular weight is 337 g/mol. The molecule has 3 atom stereocenters. The number of benzene rings is 2. The molecule has 130 valence electrons. The SMILES string of the molecule is CC(C)[C@H]1/C(=N/O)C[C@@H](c2ccccc2)N(N=O)[C@H]1c1ccccc1. The summed E-state index contributed by atoms with van der Waals surface area (Å²) < 4.78 is 0. The van der Waals surface area contributed by atoms with Crippen LogP contribution in [-0.2, 0) is 0 Å². The van der Waals surface area contributed by atoms with Crippen LogP contribution in [0.15, 0.2) is 71.1 Å². The molecule has 0 bridgehead atoms. The molecule has 0 aromatic heterocycles. The third-order valence-corrected chi connectivity index (χ3v) is 5.00. The number of piperidine rings is 1. The fraction of sp³-hybridized carbons (Fsp3) is 0.350. The second-order valence-corrected chi connectivity index (χ2v) is 6.81. The molecule has 1 heterocycles. The van der Waals surface area contributed by atoms with E-state index in [1.807, 2.05) is 60.7 Å². The van der Waals surface area contributed by atoms with Crippen LogP contribution in [0.2, 0.25) is 0 Å². The van der Waals surface area contributed by atoms with Crippen LogP contribution in [0.3, 0.4) is 0 Å². The van der Waals surface area contributed by atoms with E-state index < -0.39 is 0 Å². The summed E-state index contributed by atoms with van der Waals surface area (Å²) in [5, 5.41) is 18.3. The summed E-state index contributed by atoms with van der Waals surface area (Å²) in [4.78, 5) is 11.9. The molecule has 2 aromatic carbocycles. The monoisotopic (exact) mass is 337 g/mol. The summed E-state index contributed by atoms with van der Waals surface area (Å²) in [5.41, 5.74) is 2.71. The molecule has 5 nitrogen and oxygen atoms in total. The first-order valence-electron chi connectivity index (χ1n) is 8.59. The minimum Gasteiger partial charge on any atom is -0.411 e. The Bertz CT molecular complexity index is 731. The normalized spacial score (nSPS) is 25.3. The first-order valence-corrected chi connectivity index (χ1v) is 8.59. The van der Waals surface area contributed by atoms with E-state index in [-0.39, 0.29) is 23.9 Å². The predicted octanol–water partition coefficient (Wildman–Crippen LogP) is 4.96. The van der Waals surface area contributed by atoms with Gasteiger partial charge < -0.3 is 5.21 Å². The minimum atomic E-state index is -0.261. The highest BCUT2D eigenvalue weighted by Crippen LogP contribution is 2.46. The molecule has 0 radical (unpaired) electrons. The van der Waals surface area contributed by atoms with E-state index in [4.69, 9.17) is 0 Å². The van der Waals surface area contributed by atoms with Gasteiger partial charge in [0.05, 0.1) is 23.1 Å². The summed E-state index contributed by atoms with van der Waals surface area (Å²) in [5.74, 6) is 0.127. The number of hydrogen-bond acceptors (Lipinski definition) is 4. The summed E-state index contributed by atoms with van der Waals surface area (Å²) in [7, 11) is 0. The van der Waals surface area contributed by atoms with Gasteiger partial charge >= 0.3 is 0 Å². The van der Waals surface area contributed by atoms with Crippen molar-refractivity contribution in [3.8, 4) is 0 Å². The summed E-state index contributed by atoms with van der Waals surface area (Å²) in [6.45, 7) is 4.16. The molecule has 1 N–H and O–H groups in total. The zero-order valence-corrected chi connectivity index (χ0v) is 14.5. The highest BCUT2D eigenvalue weighted by molar-refractivity contribution is 5.89. The maximum atomic E-state index is 11.9. The van der Waals surface area contributed by atoms with Gasteiger partial charge in [-0.2, -0.15) is 0 Å². The molecule has 1 fully saturated rings. The Labute approximate surface area is 147 Å². The summed E-state index contributed by atoms with van der Waals surface area (Å²) in [6, 6.07) is 19.2. The van der Waals surface area contributed by atoms with E-state index in [0.717, 1.165) is 16.8 Å². The van der Waals surface area contributed by atoms with Crippen LogP contribution in [0.4, 0.5) is 0 Å². The van der Waals surface area contributed by atoms with Crippen LogP contribution >= 0.6 is 0 Å². The Morgan fingerprint density at radius 2 is 1.56 bits per heavy atom. The molecular weight excluding hydrogens is 314 g/mol. The topological polar surface area (TPSA) is 65.3 Å². The Hall–Kier alpha value is -2.69. The van der Waals surface area contributed by atoms with Crippen molar-refractivity contribution in [1.29, 1.82) is 0 Å². The molecule has 1 saturated heterocycles. The molecule has 1 aliphatic rings. The Morgan fingerprint density at radius 3 is 2.04 bits per heavy atom. The lowest BCUT2D eigenvalue weighted by Gasteiger charge is -2.45. The molecule has 0 unspecified atom stereocenters. The van der Waals surface area contributed by atoms with Crippen molar-refractivity contribution in [2.75, 3.05) is 0 Å². The lowest BCUT2D eigenvalue weighted by Crippen LogP contribution is -2.45. The second-order valence-electron chi connectivity index (χ2n) is 6.81. The highest BCUT2D eigenvalue weighted by atomic mass is 16.4. The lowest BCUT2D eigenvalue weighted by molar-refractivity contribution is 0.0747. The van der Waals surface area contributed by atoms with Gasteiger partial charge in [-0.3, -0.25) is 0 Å². The van der Waals surface area contributed by atoms with E-state index in [1.165, 1.54) is 0 Å². The number of hydrogen-bond donors (Lipinski definition) is 1. The van der Waals surface area contributed by atoms with Crippen molar-refractivity contribution in [3.05, 3.63) is 76.7 Å². The van der Waals surface area contributed by atoms with Gasteiger partial charge in [-0.1, -0.05) is 79.7 Å². The number of oxime groups is 1. The molecule has 0 aliphatic carbocycles. The largest absolute Gasteiger partial charge is 0.411 e. The number of nitroso groups, excluding NO2 is 1. The molecule has 2 aromatic rings. The van der Waals surface area contributed by atoms with Crippen molar-refractivity contribution in [1.82, 2.24) is 5.01 Å². The van der Waals surface area contributed by atoms with E-state index >= 15 is 0 Å². The van der Waals surface area contributed by atoms with Crippen molar-refractivity contribution in [2.24, 2.45) is 22.3 Å². The quantitative estimate of drug-likeness (QED) is 0.487. The van der Waals surface area contributed by atoms with Crippen molar-refractivity contribution >= 4 is 5.71 Å². The van der Waals surface area contributed by atoms with Crippen LogP contribution in [0.1, 0.15) is 43.5 Å². The van der Waals surface area contributed by atoms with Crippen LogP contribution < -0.4 is 0 Å². The minimum absolute atomic E-state index is 0.0786. The van der Waals surface area contributed by atoms with Gasteiger partial charge in [-0.15, -0.1) is 4.91 Å². The zero-order valence-electron chi connectivity index (χ0n) is 14.5. The maximum Gasteiger partial charge on any atom is 0.0843 e. The molecular formula is C20H23N3O2. The molecule has 3 rings (SSSR count). The predicted molar refractivity (Wildman–Crippen MR) is 98.2 cm³/mol. The molecule has 5 heteroatoms. The van der Waals surface area contributed by atoms with Gasteiger partial charge in [0, 0.05) is 12.3 Å². The highest BCUT2D eigenvalue weighted by Gasteiger charge is 2.44. The molecule has 1 aliphatic heterocycles. The second kappa shape index (κ2) is 7.47. The maximum absolute atomic E-state index is 11.9. The Morgan fingerprint density at radius 1 is 1.00 bits per heavy atom. The van der Waals surface area contributed by atoms with Gasteiger partial charge in [0.1, 0.15) is 0 Å². The van der Waals surface area contributed by atoms with E-state index in [2.05, 4.69) is 24.3 Å². The summed E-state index contributed by atoms with van der Waals surface area (Å²) >= 11 is 0. The van der Waals surface area contributed by atoms with E-state index in [0.29, 0.717) is 6.42 Å². The van der Waals surface area contributed by atoms with Crippen molar-refractivity contribution in [2.45, 2.75) is 32.4 Å². The first-order chi connectivity index (χ1) is 12.2. The molecule has 25 heavy (non-hydrogen) atoms. The Balaban J connectivity index is 2.12. The van der Waals surface area contributed by atoms with Crippen LogP contribution in [0.25, 0.3) is 0 Å². The third-order valence-electron chi connectivity index (χ3n) is 5.00. The smallest absolute Gasteiger partial charge is 0.0843 e. The van der Waals surface area contributed by atoms with Gasteiger partial charge in [0.15, 0.2) is 0 Å². The molecule has 0 saturated carbocycles. The van der Waals surface area contributed by atoms with Crippen LogP contribution in [0.5, 0.6) is 0 Å². The van der Waals surface area contributed by atoms with Gasteiger partial charge in [0.2, 0.25) is 0 Å². The number of rotatable bonds is 4. The van der Waals surface area contributed by atoms with Gasteiger partial charge in [-0.05, 0) is 17.0 Å². The molecule has 0 amide bonds.